The van der Waals surface area contributed by atoms with Crippen molar-refractivity contribution < 1.29 is 18.3 Å². The van der Waals surface area contributed by atoms with E-state index in [2.05, 4.69) is 12.2 Å². The maximum absolute atomic E-state index is 12.4. The Hall–Kier alpha value is -1.07. The molecule has 0 amide bonds. The third-order valence-electron chi connectivity index (χ3n) is 3.16. The molecule has 1 atom stereocenters. The van der Waals surface area contributed by atoms with E-state index in [1.54, 1.807) is 0 Å². The van der Waals surface area contributed by atoms with Crippen LogP contribution in [0.15, 0.2) is 24.3 Å². The fourth-order valence-electron chi connectivity index (χ4n) is 1.87. The predicted molar refractivity (Wildman–Crippen MR) is 68.6 cm³/mol. The summed E-state index contributed by atoms with van der Waals surface area (Å²) in [4.78, 5) is 0. The van der Waals surface area contributed by atoms with Gasteiger partial charge in [0.1, 0.15) is 0 Å². The first-order valence-electron chi connectivity index (χ1n) is 6.45. The molecule has 1 rings (SSSR count). The van der Waals surface area contributed by atoms with Crippen molar-refractivity contribution in [2.75, 3.05) is 13.2 Å². The summed E-state index contributed by atoms with van der Waals surface area (Å²) in [6.07, 6.45) is -2.56. The average Bonchev–Trinajstić information content (AvgIpc) is 2.37. The lowest BCUT2D eigenvalue weighted by Crippen LogP contribution is -2.23. The molecule has 108 valence electrons. The smallest absolute Gasteiger partial charge is 0.396 e. The summed E-state index contributed by atoms with van der Waals surface area (Å²) >= 11 is 0. The van der Waals surface area contributed by atoms with Crippen LogP contribution in [0.25, 0.3) is 0 Å². The zero-order chi connectivity index (χ0) is 14.3. The molecule has 5 heteroatoms. The van der Waals surface area contributed by atoms with Crippen molar-refractivity contribution in [1.82, 2.24) is 5.32 Å². The van der Waals surface area contributed by atoms with E-state index in [0.29, 0.717) is 12.5 Å². The minimum Gasteiger partial charge on any atom is -0.396 e. The summed E-state index contributed by atoms with van der Waals surface area (Å²) in [5, 5.41) is 12.1. The van der Waals surface area contributed by atoms with Crippen LogP contribution in [-0.2, 0) is 12.7 Å². The van der Waals surface area contributed by atoms with Crippen molar-refractivity contribution in [3.05, 3.63) is 35.4 Å². The number of aliphatic hydroxyl groups excluding tert-OH is 1. The number of aliphatic hydroxyl groups is 1. The lowest BCUT2D eigenvalue weighted by molar-refractivity contribution is -0.137. The van der Waals surface area contributed by atoms with E-state index >= 15 is 0 Å². The molecule has 0 bridgehead atoms. The van der Waals surface area contributed by atoms with E-state index in [4.69, 9.17) is 5.11 Å². The van der Waals surface area contributed by atoms with Gasteiger partial charge in [-0.25, -0.2) is 0 Å². The first-order chi connectivity index (χ1) is 8.97. The van der Waals surface area contributed by atoms with Gasteiger partial charge in [0.25, 0.3) is 0 Å². The largest absolute Gasteiger partial charge is 0.416 e. The Morgan fingerprint density at radius 1 is 1.21 bits per heavy atom. The first-order valence-corrected chi connectivity index (χ1v) is 6.45. The summed E-state index contributed by atoms with van der Waals surface area (Å²) < 4.78 is 37.1. The van der Waals surface area contributed by atoms with Gasteiger partial charge in [0.2, 0.25) is 0 Å². The molecule has 2 nitrogen and oxygen atoms in total. The van der Waals surface area contributed by atoms with Crippen molar-refractivity contribution in [2.24, 2.45) is 5.92 Å². The van der Waals surface area contributed by atoms with Gasteiger partial charge in [0, 0.05) is 13.2 Å². The van der Waals surface area contributed by atoms with Gasteiger partial charge >= 0.3 is 6.18 Å². The summed E-state index contributed by atoms with van der Waals surface area (Å²) in [6.45, 7) is 3.53. The number of nitrogens with one attached hydrogen (secondary N) is 1. The molecule has 1 aromatic carbocycles. The molecule has 0 radical (unpaired) electrons. The van der Waals surface area contributed by atoms with E-state index < -0.39 is 11.7 Å². The Balaban J connectivity index is 2.42. The molecule has 0 heterocycles. The van der Waals surface area contributed by atoms with Crippen LogP contribution < -0.4 is 5.32 Å². The number of hydrogen-bond donors (Lipinski definition) is 2. The molecule has 2 N–H and O–H groups in total. The number of alkyl halides is 3. The van der Waals surface area contributed by atoms with Gasteiger partial charge in [-0.3, -0.25) is 0 Å². The molecule has 1 unspecified atom stereocenters. The Labute approximate surface area is 111 Å². The molecule has 0 saturated heterocycles. The van der Waals surface area contributed by atoms with Gasteiger partial charge in [-0.05, 0) is 36.6 Å². The summed E-state index contributed by atoms with van der Waals surface area (Å²) in [5.74, 6) is 0.402. The normalized spacial score (nSPS) is 13.5. The fraction of sp³-hybridized carbons (Fsp3) is 0.571. The molecule has 0 fully saturated rings. The van der Waals surface area contributed by atoms with Crippen LogP contribution in [0.3, 0.4) is 0 Å². The second-order valence-corrected chi connectivity index (χ2v) is 4.61. The van der Waals surface area contributed by atoms with E-state index in [-0.39, 0.29) is 6.61 Å². The summed E-state index contributed by atoms with van der Waals surface area (Å²) in [6, 6.07) is 5.18. The highest BCUT2D eigenvalue weighted by molar-refractivity contribution is 5.24. The molecule has 0 aliphatic rings. The Kier molecular flexibility index (Phi) is 6.31. The molecule has 0 aliphatic carbocycles. The minimum absolute atomic E-state index is 0.167. The molecular formula is C14H20F3NO. The molecule has 0 aliphatic heterocycles. The second kappa shape index (κ2) is 7.50. The second-order valence-electron chi connectivity index (χ2n) is 4.61. The zero-order valence-electron chi connectivity index (χ0n) is 11.0. The van der Waals surface area contributed by atoms with Gasteiger partial charge in [-0.1, -0.05) is 25.5 Å². The van der Waals surface area contributed by atoms with Crippen LogP contribution in [-0.4, -0.2) is 18.3 Å². The van der Waals surface area contributed by atoms with E-state index in [9.17, 15) is 13.2 Å². The molecule has 0 aromatic heterocycles. The van der Waals surface area contributed by atoms with Crippen molar-refractivity contribution >= 4 is 0 Å². The average molecular weight is 275 g/mol. The van der Waals surface area contributed by atoms with Crippen molar-refractivity contribution in [2.45, 2.75) is 32.5 Å². The highest BCUT2D eigenvalue weighted by Crippen LogP contribution is 2.29. The van der Waals surface area contributed by atoms with Crippen molar-refractivity contribution in [1.29, 1.82) is 0 Å². The molecule has 19 heavy (non-hydrogen) atoms. The van der Waals surface area contributed by atoms with E-state index in [0.717, 1.165) is 37.1 Å². The third kappa shape index (κ3) is 5.61. The highest BCUT2D eigenvalue weighted by Gasteiger charge is 2.29. The lowest BCUT2D eigenvalue weighted by atomic mass is 10.0. The maximum atomic E-state index is 12.4. The maximum Gasteiger partial charge on any atom is 0.416 e. The van der Waals surface area contributed by atoms with Crippen LogP contribution >= 0.6 is 0 Å². The standard InChI is InChI=1S/C14H20F3NO/c1-2-11(7-8-19)9-18-10-12-3-5-13(6-4-12)14(15,16)17/h3-6,11,18-19H,2,7-10H2,1H3. The lowest BCUT2D eigenvalue weighted by Gasteiger charge is -2.14. The van der Waals surface area contributed by atoms with Crippen LogP contribution in [0.4, 0.5) is 13.2 Å². The number of hydrogen-bond acceptors (Lipinski definition) is 2. The first kappa shape index (κ1) is 16.0. The molecular weight excluding hydrogens is 255 g/mol. The number of benzene rings is 1. The van der Waals surface area contributed by atoms with Crippen LogP contribution in [0.1, 0.15) is 30.9 Å². The minimum atomic E-state index is -4.28. The van der Waals surface area contributed by atoms with Crippen molar-refractivity contribution in [3.8, 4) is 0 Å². The Morgan fingerprint density at radius 2 is 1.84 bits per heavy atom. The Bertz CT molecular complexity index is 362. The van der Waals surface area contributed by atoms with Crippen LogP contribution in [0, 0.1) is 5.92 Å². The van der Waals surface area contributed by atoms with Crippen molar-refractivity contribution in [3.63, 3.8) is 0 Å². The summed E-state index contributed by atoms with van der Waals surface area (Å²) in [7, 11) is 0. The monoisotopic (exact) mass is 275 g/mol. The van der Waals surface area contributed by atoms with Crippen LogP contribution in [0.2, 0.25) is 0 Å². The van der Waals surface area contributed by atoms with Gasteiger partial charge in [-0.2, -0.15) is 13.2 Å². The zero-order valence-corrected chi connectivity index (χ0v) is 11.0. The molecule has 0 spiro atoms. The van der Waals surface area contributed by atoms with E-state index in [1.165, 1.54) is 12.1 Å². The topological polar surface area (TPSA) is 32.3 Å². The third-order valence-corrected chi connectivity index (χ3v) is 3.16. The van der Waals surface area contributed by atoms with Gasteiger partial charge in [0.05, 0.1) is 5.56 Å². The Morgan fingerprint density at radius 3 is 2.32 bits per heavy atom. The van der Waals surface area contributed by atoms with E-state index in [1.807, 2.05) is 0 Å². The van der Waals surface area contributed by atoms with Gasteiger partial charge in [-0.15, -0.1) is 0 Å². The molecule has 0 saturated carbocycles. The highest BCUT2D eigenvalue weighted by atomic mass is 19.4. The fourth-order valence-corrected chi connectivity index (χ4v) is 1.87. The predicted octanol–water partition coefficient (Wildman–Crippen LogP) is 3.20. The molecule has 1 aromatic rings. The van der Waals surface area contributed by atoms with Crippen LogP contribution in [0.5, 0.6) is 0 Å². The summed E-state index contributed by atoms with van der Waals surface area (Å²) in [5.41, 5.74) is 0.204. The van der Waals surface area contributed by atoms with Gasteiger partial charge in [0.15, 0.2) is 0 Å². The quantitative estimate of drug-likeness (QED) is 0.801. The number of rotatable bonds is 7. The number of halogens is 3. The SMILES string of the molecule is CCC(CCO)CNCc1ccc(C(F)(F)F)cc1. The van der Waals surface area contributed by atoms with Gasteiger partial charge < -0.3 is 10.4 Å².